The highest BCUT2D eigenvalue weighted by Gasteiger charge is 2.35. The van der Waals surface area contributed by atoms with E-state index >= 15 is 4.39 Å². The fourth-order valence-electron chi connectivity index (χ4n) is 6.08. The highest BCUT2D eigenvalue weighted by atomic mass is 35.5. The molecule has 0 aliphatic carbocycles. The Morgan fingerprint density at radius 1 is 0.976 bits per heavy atom. The molecular formula is C31H33Cl2F2N5O. The summed E-state index contributed by atoms with van der Waals surface area (Å²) in [5, 5.41) is 28.0. The molecule has 2 fully saturated rings. The van der Waals surface area contributed by atoms with Gasteiger partial charge in [0.2, 0.25) is 0 Å². The first-order valence-corrected chi connectivity index (χ1v) is 13.3. The van der Waals surface area contributed by atoms with Crippen molar-refractivity contribution in [3.8, 4) is 28.3 Å². The largest absolute Gasteiger partial charge is 0.389 e. The van der Waals surface area contributed by atoms with Crippen LogP contribution in [-0.2, 0) is 13.1 Å². The van der Waals surface area contributed by atoms with Gasteiger partial charge < -0.3 is 10.4 Å². The quantitative estimate of drug-likeness (QED) is 0.293. The minimum Gasteiger partial charge on any atom is -0.389 e. The smallest absolute Gasteiger partial charge is 0.141 e. The molecule has 2 aliphatic heterocycles. The molecule has 1 aromatic heterocycles. The Morgan fingerprint density at radius 3 is 2.37 bits per heavy atom. The van der Waals surface area contributed by atoms with Crippen LogP contribution in [0.1, 0.15) is 25.0 Å². The van der Waals surface area contributed by atoms with Crippen LogP contribution >= 0.6 is 24.8 Å². The van der Waals surface area contributed by atoms with E-state index in [9.17, 15) is 14.8 Å². The number of halogens is 4. The van der Waals surface area contributed by atoms with Crippen LogP contribution in [0, 0.1) is 34.8 Å². The monoisotopic (exact) mass is 599 g/mol. The van der Waals surface area contributed by atoms with Crippen LogP contribution in [0.4, 0.5) is 8.78 Å². The summed E-state index contributed by atoms with van der Waals surface area (Å²) in [5.74, 6) is 0.321. The van der Waals surface area contributed by atoms with Gasteiger partial charge >= 0.3 is 0 Å². The lowest BCUT2D eigenvalue weighted by Gasteiger charge is -2.19. The van der Waals surface area contributed by atoms with Crippen LogP contribution in [0.3, 0.4) is 0 Å². The van der Waals surface area contributed by atoms with Crippen molar-refractivity contribution < 1.29 is 13.9 Å². The molecule has 2 aliphatic rings. The lowest BCUT2D eigenvalue weighted by Crippen LogP contribution is -2.26. The first-order chi connectivity index (χ1) is 18.7. The number of nitrogens with one attached hydrogen (secondary N) is 1. The molecule has 2 saturated heterocycles. The van der Waals surface area contributed by atoms with Gasteiger partial charge in [0.1, 0.15) is 17.7 Å². The van der Waals surface area contributed by atoms with E-state index < -0.39 is 17.2 Å². The lowest BCUT2D eigenvalue weighted by atomic mass is 9.91. The molecule has 6 rings (SSSR count). The number of likely N-dealkylation sites (tertiary alicyclic amines) is 1. The van der Waals surface area contributed by atoms with Crippen LogP contribution in [0.25, 0.3) is 33.2 Å². The molecule has 0 amide bonds. The summed E-state index contributed by atoms with van der Waals surface area (Å²) in [6.45, 7) is 8.56. The molecule has 216 valence electrons. The van der Waals surface area contributed by atoms with Crippen molar-refractivity contribution >= 4 is 35.7 Å². The number of hydrogen-bond acceptors (Lipinski definition) is 5. The van der Waals surface area contributed by atoms with Gasteiger partial charge in [-0.25, -0.2) is 8.78 Å². The third-order valence-corrected chi connectivity index (χ3v) is 7.91. The van der Waals surface area contributed by atoms with Gasteiger partial charge in [-0.2, -0.15) is 10.4 Å². The van der Waals surface area contributed by atoms with Crippen molar-refractivity contribution in [1.82, 2.24) is 20.0 Å². The SMILES string of the molecule is CC(C)(O)Cn1ncc2cc(-c3ccc(CN4CC5CNCC5C4)cc3-c3ccc(C#N)c(F)c3)c(F)cc21.Cl.Cl. The maximum atomic E-state index is 15.7. The van der Waals surface area contributed by atoms with Crippen LogP contribution in [0.5, 0.6) is 0 Å². The molecule has 41 heavy (non-hydrogen) atoms. The molecule has 0 saturated carbocycles. The Labute approximate surface area is 250 Å². The molecule has 2 atom stereocenters. The standard InChI is InChI=1S/C31H31F2N5O.2ClH/c1-31(2,39)18-38-30-10-29(33)27(8-22(30)14-36-38)25-6-3-19(15-37-16-23-12-35-13-24(23)17-37)7-26(25)20-4-5-21(11-34)28(32)9-20;;/h3-10,14,23-24,35,39H,12-13,15-18H2,1-2H3;2*1H. The molecule has 6 nitrogen and oxygen atoms in total. The number of rotatable bonds is 6. The number of nitrogens with zero attached hydrogens (tertiary/aromatic N) is 4. The maximum absolute atomic E-state index is 15.7. The van der Waals surface area contributed by atoms with Crippen LogP contribution in [0.2, 0.25) is 0 Å². The van der Waals surface area contributed by atoms with Gasteiger partial charge in [0.15, 0.2) is 0 Å². The number of aliphatic hydroxyl groups is 1. The van der Waals surface area contributed by atoms with E-state index in [2.05, 4.69) is 15.3 Å². The highest BCUT2D eigenvalue weighted by molar-refractivity contribution is 5.90. The van der Waals surface area contributed by atoms with Crippen LogP contribution in [-0.4, -0.2) is 51.6 Å². The second kappa shape index (κ2) is 12.0. The molecule has 2 N–H and O–H groups in total. The molecule has 10 heteroatoms. The predicted octanol–water partition coefficient (Wildman–Crippen LogP) is 5.79. The van der Waals surface area contributed by atoms with Gasteiger partial charge in [0.05, 0.1) is 29.4 Å². The zero-order valence-electron chi connectivity index (χ0n) is 22.9. The number of hydrogen-bond donors (Lipinski definition) is 2. The summed E-state index contributed by atoms with van der Waals surface area (Å²) in [5.41, 5.74) is 2.96. The molecule has 2 unspecified atom stereocenters. The van der Waals surface area contributed by atoms with Gasteiger partial charge in [0.25, 0.3) is 0 Å². The highest BCUT2D eigenvalue weighted by Crippen LogP contribution is 2.38. The molecule has 0 radical (unpaired) electrons. The van der Waals surface area contributed by atoms with E-state index in [1.54, 1.807) is 36.9 Å². The van der Waals surface area contributed by atoms with E-state index in [-0.39, 0.29) is 36.9 Å². The summed E-state index contributed by atoms with van der Waals surface area (Å²) in [7, 11) is 0. The zero-order valence-corrected chi connectivity index (χ0v) is 24.5. The Bertz CT molecular complexity index is 1600. The molecular weight excluding hydrogens is 567 g/mol. The van der Waals surface area contributed by atoms with Gasteiger partial charge in [-0.1, -0.05) is 18.2 Å². The Morgan fingerprint density at radius 2 is 1.71 bits per heavy atom. The van der Waals surface area contributed by atoms with Crippen molar-refractivity contribution in [2.24, 2.45) is 11.8 Å². The van der Waals surface area contributed by atoms with Crippen LogP contribution < -0.4 is 5.32 Å². The number of fused-ring (bicyclic) bond motifs is 2. The Kier molecular flexibility index (Phi) is 9.07. The average Bonchev–Trinajstić information content (AvgIpc) is 3.58. The lowest BCUT2D eigenvalue weighted by molar-refractivity contribution is 0.0591. The van der Waals surface area contributed by atoms with E-state index in [0.717, 1.165) is 43.7 Å². The van der Waals surface area contributed by atoms with Gasteiger partial charge in [-0.15, -0.1) is 24.8 Å². The number of benzene rings is 3. The fraction of sp³-hybridized carbons (Fsp3) is 0.355. The molecule has 0 spiro atoms. The molecule has 3 heterocycles. The van der Waals surface area contributed by atoms with Crippen molar-refractivity contribution in [1.29, 1.82) is 5.26 Å². The van der Waals surface area contributed by atoms with Crippen molar-refractivity contribution in [3.05, 3.63) is 77.5 Å². The second-order valence-corrected chi connectivity index (χ2v) is 11.6. The van der Waals surface area contributed by atoms with E-state index in [1.165, 1.54) is 18.2 Å². The van der Waals surface area contributed by atoms with Crippen molar-refractivity contribution in [3.63, 3.8) is 0 Å². The summed E-state index contributed by atoms with van der Waals surface area (Å²) in [4.78, 5) is 2.46. The topological polar surface area (TPSA) is 77.1 Å². The zero-order chi connectivity index (χ0) is 27.3. The summed E-state index contributed by atoms with van der Waals surface area (Å²) in [6, 6.07) is 15.6. The van der Waals surface area contributed by atoms with Gasteiger partial charge in [-0.3, -0.25) is 9.58 Å². The van der Waals surface area contributed by atoms with Gasteiger partial charge in [-0.05, 0) is 85.3 Å². The summed E-state index contributed by atoms with van der Waals surface area (Å²) < 4.78 is 32.0. The number of aromatic nitrogens is 2. The van der Waals surface area contributed by atoms with E-state index in [1.807, 2.05) is 24.3 Å². The van der Waals surface area contributed by atoms with E-state index in [0.29, 0.717) is 39.6 Å². The number of nitriles is 1. The summed E-state index contributed by atoms with van der Waals surface area (Å²) >= 11 is 0. The molecule has 0 bridgehead atoms. The second-order valence-electron chi connectivity index (χ2n) is 11.6. The molecule has 3 aromatic carbocycles. The predicted molar refractivity (Wildman–Crippen MR) is 161 cm³/mol. The minimum absolute atomic E-state index is 0. The van der Waals surface area contributed by atoms with Gasteiger partial charge in [0, 0.05) is 36.7 Å². The normalized spacial score (nSPS) is 18.5. The fourth-order valence-corrected chi connectivity index (χ4v) is 6.08. The molecule has 4 aromatic rings. The maximum Gasteiger partial charge on any atom is 0.141 e. The van der Waals surface area contributed by atoms with Crippen molar-refractivity contribution in [2.45, 2.75) is 32.5 Å². The average molecular weight is 601 g/mol. The van der Waals surface area contributed by atoms with Crippen molar-refractivity contribution in [2.75, 3.05) is 26.2 Å². The minimum atomic E-state index is -0.999. The first-order valence-electron chi connectivity index (χ1n) is 13.3. The third kappa shape index (κ3) is 6.25. The summed E-state index contributed by atoms with van der Waals surface area (Å²) in [6.07, 6.45) is 1.67. The Hall–Kier alpha value is -3.06. The van der Waals surface area contributed by atoms with Crippen LogP contribution in [0.15, 0.2) is 54.7 Å². The Balaban J connectivity index is 0.00000194. The first kappa shape index (κ1) is 30.9. The van der Waals surface area contributed by atoms with E-state index in [4.69, 9.17) is 0 Å². The third-order valence-electron chi connectivity index (χ3n) is 7.91.